The van der Waals surface area contributed by atoms with Crippen molar-refractivity contribution in [1.29, 1.82) is 0 Å². The van der Waals surface area contributed by atoms with Gasteiger partial charge in [0.25, 0.3) is 0 Å². The third kappa shape index (κ3) is 3.74. The largest absolute Gasteiger partial charge is 0.496 e. The van der Waals surface area contributed by atoms with Gasteiger partial charge in [-0.05, 0) is 35.4 Å². The second kappa shape index (κ2) is 8.51. The summed E-state index contributed by atoms with van der Waals surface area (Å²) < 4.78 is 5.50. The van der Waals surface area contributed by atoms with Crippen molar-refractivity contribution in [3.8, 4) is 5.75 Å². The van der Waals surface area contributed by atoms with E-state index in [0.717, 1.165) is 36.5 Å². The fourth-order valence-corrected chi connectivity index (χ4v) is 3.85. The molecular formula is C18H23ClN2O2S. The first-order valence-corrected chi connectivity index (χ1v) is 8.83. The van der Waals surface area contributed by atoms with Gasteiger partial charge in [-0.15, -0.1) is 12.4 Å². The summed E-state index contributed by atoms with van der Waals surface area (Å²) in [6, 6.07) is 10.00. The number of carbonyl (C=O) groups is 1. The maximum absolute atomic E-state index is 13.0. The number of benzene rings is 1. The van der Waals surface area contributed by atoms with Gasteiger partial charge in [-0.3, -0.25) is 4.79 Å². The zero-order valence-corrected chi connectivity index (χ0v) is 15.5. The highest BCUT2D eigenvalue weighted by Crippen LogP contribution is 2.32. The van der Waals surface area contributed by atoms with E-state index in [9.17, 15) is 4.79 Å². The second-order valence-electron chi connectivity index (χ2n) is 5.77. The first-order valence-electron chi connectivity index (χ1n) is 7.88. The highest BCUT2D eigenvalue weighted by Gasteiger charge is 2.32. The molecule has 130 valence electrons. The highest BCUT2D eigenvalue weighted by atomic mass is 35.5. The van der Waals surface area contributed by atoms with Crippen LogP contribution in [0.1, 0.15) is 30.0 Å². The fraction of sp³-hybridized carbons (Fsp3) is 0.389. The second-order valence-corrected chi connectivity index (χ2v) is 6.55. The fourth-order valence-electron chi connectivity index (χ4n) is 3.10. The van der Waals surface area contributed by atoms with Crippen LogP contribution in [-0.2, 0) is 4.79 Å². The van der Waals surface area contributed by atoms with Crippen molar-refractivity contribution in [2.45, 2.75) is 18.9 Å². The molecule has 0 radical (unpaired) electrons. The van der Waals surface area contributed by atoms with E-state index in [-0.39, 0.29) is 30.3 Å². The van der Waals surface area contributed by atoms with Gasteiger partial charge < -0.3 is 15.0 Å². The SMILES string of the molecule is COc1ccccc1C1CNCCN1C(=O)C(C)c1ccsc1.Cl. The van der Waals surface area contributed by atoms with E-state index in [0.29, 0.717) is 0 Å². The summed E-state index contributed by atoms with van der Waals surface area (Å²) in [5.41, 5.74) is 2.16. The number of hydrogen-bond acceptors (Lipinski definition) is 4. The summed E-state index contributed by atoms with van der Waals surface area (Å²) in [5.74, 6) is 0.902. The Kier molecular flexibility index (Phi) is 6.66. The van der Waals surface area contributed by atoms with Crippen LogP contribution in [0.15, 0.2) is 41.1 Å². The molecule has 1 aromatic heterocycles. The van der Waals surface area contributed by atoms with Crippen molar-refractivity contribution in [3.63, 3.8) is 0 Å². The molecule has 6 heteroatoms. The molecule has 1 aliphatic rings. The predicted octanol–water partition coefficient (Wildman–Crippen LogP) is 3.46. The molecule has 2 aromatic rings. The molecule has 2 unspecified atom stereocenters. The highest BCUT2D eigenvalue weighted by molar-refractivity contribution is 7.08. The number of rotatable bonds is 4. The molecular weight excluding hydrogens is 344 g/mol. The number of ether oxygens (including phenoxy) is 1. The van der Waals surface area contributed by atoms with E-state index in [1.54, 1.807) is 18.4 Å². The van der Waals surface area contributed by atoms with Gasteiger partial charge in [-0.1, -0.05) is 18.2 Å². The number of piperazine rings is 1. The van der Waals surface area contributed by atoms with E-state index < -0.39 is 0 Å². The molecule has 24 heavy (non-hydrogen) atoms. The Morgan fingerprint density at radius 3 is 2.88 bits per heavy atom. The number of methoxy groups -OCH3 is 1. The Morgan fingerprint density at radius 1 is 1.38 bits per heavy atom. The standard InChI is InChI=1S/C18H22N2O2S.ClH/c1-13(14-7-10-23-12-14)18(21)20-9-8-19-11-16(20)15-5-3-4-6-17(15)22-2;/h3-7,10,12-13,16,19H,8-9,11H2,1-2H3;1H. The van der Waals surface area contributed by atoms with Crippen molar-refractivity contribution in [2.75, 3.05) is 26.7 Å². The molecule has 0 saturated carbocycles. The minimum absolute atomic E-state index is 0. The smallest absolute Gasteiger partial charge is 0.230 e. The van der Waals surface area contributed by atoms with Gasteiger partial charge in [0.2, 0.25) is 5.91 Å². The van der Waals surface area contributed by atoms with Gasteiger partial charge >= 0.3 is 0 Å². The van der Waals surface area contributed by atoms with Gasteiger partial charge in [-0.25, -0.2) is 0 Å². The average Bonchev–Trinajstić information content (AvgIpc) is 3.15. The number of amides is 1. The first-order chi connectivity index (χ1) is 11.2. The number of hydrogen-bond donors (Lipinski definition) is 1. The molecule has 2 atom stereocenters. The number of nitrogens with zero attached hydrogens (tertiary/aromatic N) is 1. The van der Waals surface area contributed by atoms with Crippen LogP contribution in [0.2, 0.25) is 0 Å². The van der Waals surface area contributed by atoms with Crippen LogP contribution < -0.4 is 10.1 Å². The maximum Gasteiger partial charge on any atom is 0.230 e. The molecule has 1 N–H and O–H groups in total. The van der Waals surface area contributed by atoms with E-state index in [2.05, 4.69) is 10.7 Å². The summed E-state index contributed by atoms with van der Waals surface area (Å²) in [7, 11) is 1.68. The van der Waals surface area contributed by atoms with E-state index in [1.807, 2.05) is 47.5 Å². The topological polar surface area (TPSA) is 41.6 Å². The average molecular weight is 367 g/mol. The minimum atomic E-state index is -0.114. The Hall–Kier alpha value is -1.56. The zero-order valence-electron chi connectivity index (χ0n) is 13.9. The lowest BCUT2D eigenvalue weighted by molar-refractivity contribution is -0.135. The summed E-state index contributed by atoms with van der Waals surface area (Å²) in [4.78, 5) is 15.0. The molecule has 4 nitrogen and oxygen atoms in total. The lowest BCUT2D eigenvalue weighted by atomic mass is 9.97. The molecule has 0 aliphatic carbocycles. The van der Waals surface area contributed by atoms with Crippen molar-refractivity contribution >= 4 is 29.7 Å². The predicted molar refractivity (Wildman–Crippen MR) is 100 cm³/mol. The summed E-state index contributed by atoms with van der Waals surface area (Å²) in [6.45, 7) is 4.29. The molecule has 1 aromatic carbocycles. The van der Waals surface area contributed by atoms with Gasteiger partial charge in [-0.2, -0.15) is 11.3 Å². The third-order valence-electron chi connectivity index (χ3n) is 4.44. The normalized spacial score (nSPS) is 18.6. The molecule has 1 fully saturated rings. The van der Waals surface area contributed by atoms with Gasteiger partial charge in [0.05, 0.1) is 19.1 Å². The van der Waals surface area contributed by atoms with Crippen LogP contribution >= 0.6 is 23.7 Å². The maximum atomic E-state index is 13.0. The molecule has 3 rings (SSSR count). The van der Waals surface area contributed by atoms with Crippen LogP contribution in [0.5, 0.6) is 5.75 Å². The lowest BCUT2D eigenvalue weighted by Gasteiger charge is -2.38. The van der Waals surface area contributed by atoms with Crippen LogP contribution in [0.3, 0.4) is 0 Å². The monoisotopic (exact) mass is 366 g/mol. The lowest BCUT2D eigenvalue weighted by Crippen LogP contribution is -2.49. The number of thiophene rings is 1. The minimum Gasteiger partial charge on any atom is -0.496 e. The molecule has 1 amide bonds. The Morgan fingerprint density at radius 2 is 2.17 bits per heavy atom. The number of para-hydroxylation sites is 1. The molecule has 1 aliphatic heterocycles. The van der Waals surface area contributed by atoms with Gasteiger partial charge in [0.1, 0.15) is 5.75 Å². The Labute approximate surface area is 153 Å². The number of nitrogens with one attached hydrogen (secondary N) is 1. The quantitative estimate of drug-likeness (QED) is 0.901. The van der Waals surface area contributed by atoms with Crippen LogP contribution in [0.25, 0.3) is 0 Å². The van der Waals surface area contributed by atoms with Crippen molar-refractivity contribution in [1.82, 2.24) is 10.2 Å². The van der Waals surface area contributed by atoms with Crippen LogP contribution in [0, 0.1) is 0 Å². The first kappa shape index (κ1) is 18.8. The van der Waals surface area contributed by atoms with E-state index in [4.69, 9.17) is 4.74 Å². The molecule has 0 spiro atoms. The van der Waals surface area contributed by atoms with Crippen molar-refractivity contribution < 1.29 is 9.53 Å². The number of halogens is 1. The molecule has 0 bridgehead atoms. The van der Waals surface area contributed by atoms with Gasteiger partial charge in [0, 0.05) is 25.2 Å². The third-order valence-corrected chi connectivity index (χ3v) is 5.14. The van der Waals surface area contributed by atoms with E-state index >= 15 is 0 Å². The molecule has 1 saturated heterocycles. The Balaban J connectivity index is 0.00000208. The van der Waals surface area contributed by atoms with Crippen molar-refractivity contribution in [2.24, 2.45) is 0 Å². The van der Waals surface area contributed by atoms with Gasteiger partial charge in [0.15, 0.2) is 0 Å². The van der Waals surface area contributed by atoms with Crippen LogP contribution in [-0.4, -0.2) is 37.6 Å². The number of carbonyl (C=O) groups excluding carboxylic acids is 1. The summed E-state index contributed by atoms with van der Waals surface area (Å²) in [5, 5.41) is 7.48. The molecule has 2 heterocycles. The van der Waals surface area contributed by atoms with E-state index in [1.165, 1.54) is 0 Å². The summed E-state index contributed by atoms with van der Waals surface area (Å²) >= 11 is 1.63. The zero-order chi connectivity index (χ0) is 16.2. The Bertz CT molecular complexity index is 663. The van der Waals surface area contributed by atoms with Crippen LogP contribution in [0.4, 0.5) is 0 Å². The van der Waals surface area contributed by atoms with Crippen molar-refractivity contribution in [3.05, 3.63) is 52.2 Å². The summed E-state index contributed by atoms with van der Waals surface area (Å²) in [6.07, 6.45) is 0.